The molecule has 0 saturated carbocycles. The van der Waals surface area contributed by atoms with Gasteiger partial charge in [-0.1, -0.05) is 0 Å². The molecule has 0 saturated heterocycles. The van der Waals surface area contributed by atoms with E-state index in [1.807, 2.05) is 6.07 Å². The van der Waals surface area contributed by atoms with Crippen molar-refractivity contribution in [3.05, 3.63) is 59.7 Å². The minimum atomic E-state index is -4.45. The van der Waals surface area contributed by atoms with Crippen LogP contribution in [0.5, 0.6) is 0 Å². The second kappa shape index (κ2) is 7.49. The summed E-state index contributed by atoms with van der Waals surface area (Å²) < 4.78 is 37.4. The summed E-state index contributed by atoms with van der Waals surface area (Å²) in [5, 5.41) is 13.5. The normalized spacial score (nSPS) is 10.6. The molecule has 0 heterocycles. The Bertz CT molecular complexity index is 807. The van der Waals surface area contributed by atoms with Gasteiger partial charge >= 0.3 is 6.18 Å². The number of nitrogens with one attached hydrogen (secondary N) is 2. The Morgan fingerprint density at radius 2 is 1.32 bits per heavy atom. The van der Waals surface area contributed by atoms with Gasteiger partial charge in [0, 0.05) is 11.4 Å². The Hall–Kier alpha value is -3.34. The summed E-state index contributed by atoms with van der Waals surface area (Å²) in [4.78, 5) is 23.5. The quantitative estimate of drug-likeness (QED) is 0.830. The summed E-state index contributed by atoms with van der Waals surface area (Å²) in [5.74, 6) is -1.25. The molecule has 0 aromatic heterocycles. The predicted octanol–water partition coefficient (Wildman–Crippen LogP) is 3.54. The fraction of sp³-hybridized carbons (Fsp3) is 0.118. The Morgan fingerprint density at radius 1 is 0.880 bits per heavy atom. The molecule has 0 aliphatic heterocycles. The van der Waals surface area contributed by atoms with Crippen molar-refractivity contribution in [2.45, 2.75) is 12.6 Å². The molecule has 128 valence electrons. The molecule has 0 fully saturated rings. The summed E-state index contributed by atoms with van der Waals surface area (Å²) in [5.41, 5.74) is 0.178. The highest BCUT2D eigenvalue weighted by atomic mass is 19.4. The molecule has 2 aromatic carbocycles. The van der Waals surface area contributed by atoms with Gasteiger partial charge in [0.25, 0.3) is 0 Å². The molecule has 2 aromatic rings. The third-order valence-corrected chi connectivity index (χ3v) is 3.11. The van der Waals surface area contributed by atoms with Crippen molar-refractivity contribution in [2.75, 3.05) is 10.6 Å². The summed E-state index contributed by atoms with van der Waals surface area (Å²) >= 11 is 0. The molecule has 5 nitrogen and oxygen atoms in total. The van der Waals surface area contributed by atoms with Crippen LogP contribution >= 0.6 is 0 Å². The van der Waals surface area contributed by atoms with E-state index in [4.69, 9.17) is 5.26 Å². The van der Waals surface area contributed by atoms with Crippen LogP contribution in [0.3, 0.4) is 0 Å². The van der Waals surface area contributed by atoms with Gasteiger partial charge in [0.15, 0.2) is 0 Å². The molecule has 0 atom stereocenters. The first-order valence-electron chi connectivity index (χ1n) is 7.05. The fourth-order valence-electron chi connectivity index (χ4n) is 1.93. The Balaban J connectivity index is 1.88. The van der Waals surface area contributed by atoms with Gasteiger partial charge in [-0.2, -0.15) is 18.4 Å². The molecule has 0 aliphatic carbocycles. The van der Waals surface area contributed by atoms with Crippen molar-refractivity contribution in [1.29, 1.82) is 5.26 Å². The number of hydrogen-bond donors (Lipinski definition) is 2. The minimum absolute atomic E-state index is 0.157. The minimum Gasteiger partial charge on any atom is -0.326 e. The number of alkyl halides is 3. The van der Waals surface area contributed by atoms with Crippen molar-refractivity contribution in [1.82, 2.24) is 0 Å². The topological polar surface area (TPSA) is 82.0 Å². The number of hydrogen-bond acceptors (Lipinski definition) is 3. The second-order valence-electron chi connectivity index (χ2n) is 5.04. The maximum absolute atomic E-state index is 12.5. The zero-order valence-corrected chi connectivity index (χ0v) is 12.7. The van der Waals surface area contributed by atoms with Crippen LogP contribution in [-0.4, -0.2) is 11.8 Å². The van der Waals surface area contributed by atoms with E-state index in [-0.39, 0.29) is 5.69 Å². The molecule has 2 rings (SSSR count). The number of anilines is 2. The SMILES string of the molecule is N#Cc1ccc(NC(=O)CC(=O)Nc2ccc(C(F)(F)F)cc2)cc1. The van der Waals surface area contributed by atoms with E-state index >= 15 is 0 Å². The van der Waals surface area contributed by atoms with Crippen LogP contribution in [-0.2, 0) is 15.8 Å². The van der Waals surface area contributed by atoms with E-state index in [0.29, 0.717) is 11.3 Å². The third-order valence-electron chi connectivity index (χ3n) is 3.11. The number of carbonyl (C=O) groups is 2. The molecular formula is C17H12F3N3O2. The zero-order valence-electron chi connectivity index (χ0n) is 12.7. The molecule has 0 radical (unpaired) electrons. The lowest BCUT2D eigenvalue weighted by Gasteiger charge is -2.09. The Kier molecular flexibility index (Phi) is 5.39. The Labute approximate surface area is 141 Å². The smallest absolute Gasteiger partial charge is 0.326 e. The maximum atomic E-state index is 12.5. The van der Waals surface area contributed by atoms with Gasteiger partial charge in [0.1, 0.15) is 6.42 Å². The van der Waals surface area contributed by atoms with Crippen LogP contribution in [0, 0.1) is 11.3 Å². The van der Waals surface area contributed by atoms with Gasteiger partial charge in [-0.25, -0.2) is 0 Å². The molecule has 0 unspecified atom stereocenters. The van der Waals surface area contributed by atoms with Gasteiger partial charge < -0.3 is 10.6 Å². The highest BCUT2D eigenvalue weighted by molar-refractivity contribution is 6.08. The van der Waals surface area contributed by atoms with Crippen LogP contribution in [0.1, 0.15) is 17.5 Å². The number of benzene rings is 2. The van der Waals surface area contributed by atoms with Crippen molar-refractivity contribution in [2.24, 2.45) is 0 Å². The summed E-state index contributed by atoms with van der Waals surface area (Å²) in [6.07, 6.45) is -4.95. The van der Waals surface area contributed by atoms with E-state index < -0.39 is 30.0 Å². The molecule has 25 heavy (non-hydrogen) atoms. The predicted molar refractivity (Wildman–Crippen MR) is 84.5 cm³/mol. The summed E-state index contributed by atoms with van der Waals surface area (Å²) in [6, 6.07) is 11.9. The van der Waals surface area contributed by atoms with Gasteiger partial charge in [0.05, 0.1) is 17.2 Å². The van der Waals surface area contributed by atoms with Gasteiger partial charge in [0.2, 0.25) is 11.8 Å². The summed E-state index contributed by atoms with van der Waals surface area (Å²) in [6.45, 7) is 0. The van der Waals surface area contributed by atoms with E-state index in [2.05, 4.69) is 10.6 Å². The average Bonchev–Trinajstić information content (AvgIpc) is 2.55. The van der Waals surface area contributed by atoms with Crippen molar-refractivity contribution >= 4 is 23.2 Å². The fourth-order valence-corrected chi connectivity index (χ4v) is 1.93. The van der Waals surface area contributed by atoms with Gasteiger partial charge in [-0.3, -0.25) is 9.59 Å². The average molecular weight is 347 g/mol. The number of carbonyl (C=O) groups excluding carboxylic acids is 2. The number of nitrogens with zero attached hydrogens (tertiary/aromatic N) is 1. The molecule has 8 heteroatoms. The zero-order chi connectivity index (χ0) is 18.4. The first-order valence-corrected chi connectivity index (χ1v) is 7.05. The van der Waals surface area contributed by atoms with E-state index in [0.717, 1.165) is 24.3 Å². The van der Waals surface area contributed by atoms with Crippen LogP contribution in [0.25, 0.3) is 0 Å². The van der Waals surface area contributed by atoms with Crippen LogP contribution in [0.4, 0.5) is 24.5 Å². The van der Waals surface area contributed by atoms with Gasteiger partial charge in [-0.05, 0) is 48.5 Å². The van der Waals surface area contributed by atoms with E-state index in [9.17, 15) is 22.8 Å². The standard InChI is InChI=1S/C17H12F3N3O2/c18-17(19,20)12-3-7-14(8-4-12)23-16(25)9-15(24)22-13-5-1-11(10-21)2-6-13/h1-8H,9H2,(H,22,24)(H,23,25). The first-order chi connectivity index (χ1) is 11.8. The lowest BCUT2D eigenvalue weighted by Crippen LogP contribution is -2.21. The van der Waals surface area contributed by atoms with Crippen LogP contribution in [0.2, 0.25) is 0 Å². The lowest BCUT2D eigenvalue weighted by molar-refractivity contribution is -0.137. The van der Waals surface area contributed by atoms with Crippen molar-refractivity contribution < 1.29 is 22.8 Å². The highest BCUT2D eigenvalue weighted by Gasteiger charge is 2.30. The lowest BCUT2D eigenvalue weighted by atomic mass is 10.2. The maximum Gasteiger partial charge on any atom is 0.416 e. The van der Waals surface area contributed by atoms with Crippen LogP contribution < -0.4 is 10.6 Å². The number of amides is 2. The number of rotatable bonds is 4. The van der Waals surface area contributed by atoms with E-state index in [1.54, 1.807) is 0 Å². The number of nitriles is 1. The van der Waals surface area contributed by atoms with Crippen molar-refractivity contribution in [3.63, 3.8) is 0 Å². The largest absolute Gasteiger partial charge is 0.416 e. The third kappa shape index (κ3) is 5.35. The van der Waals surface area contributed by atoms with Crippen molar-refractivity contribution in [3.8, 4) is 6.07 Å². The summed E-state index contributed by atoms with van der Waals surface area (Å²) in [7, 11) is 0. The highest BCUT2D eigenvalue weighted by Crippen LogP contribution is 2.29. The second-order valence-corrected chi connectivity index (χ2v) is 5.04. The molecule has 2 amide bonds. The van der Waals surface area contributed by atoms with Gasteiger partial charge in [-0.15, -0.1) is 0 Å². The number of halogens is 3. The Morgan fingerprint density at radius 3 is 1.72 bits per heavy atom. The molecule has 0 bridgehead atoms. The monoisotopic (exact) mass is 347 g/mol. The van der Waals surface area contributed by atoms with Crippen LogP contribution in [0.15, 0.2) is 48.5 Å². The molecule has 0 aliphatic rings. The molecule has 0 spiro atoms. The first kappa shape index (κ1) is 18.0. The van der Waals surface area contributed by atoms with E-state index in [1.165, 1.54) is 24.3 Å². The molecular weight excluding hydrogens is 335 g/mol. The molecule has 2 N–H and O–H groups in total.